The van der Waals surface area contributed by atoms with E-state index in [1.807, 2.05) is 61.5 Å². The fourth-order valence-electron chi connectivity index (χ4n) is 5.60. The third-order valence-electron chi connectivity index (χ3n) is 8.16. The van der Waals surface area contributed by atoms with Crippen LogP contribution in [0, 0.1) is 0 Å². The molecule has 0 spiro atoms. The first kappa shape index (κ1) is 33.2. The van der Waals surface area contributed by atoms with Crippen molar-refractivity contribution in [2.24, 2.45) is 0 Å². The molecule has 1 N–H and O–H groups in total. The molecule has 1 heterocycles. The van der Waals surface area contributed by atoms with Crippen LogP contribution in [0.4, 0.5) is 20.2 Å². The van der Waals surface area contributed by atoms with Crippen LogP contribution in [0.2, 0.25) is 0 Å². The average Bonchev–Trinajstić information content (AvgIpc) is 3.18. The quantitative estimate of drug-likeness (QED) is 0.199. The Bertz CT molecular complexity index is 1770. The Labute approximate surface area is 274 Å². The number of hydrogen-bond acceptors (Lipinski definition) is 4. The van der Waals surface area contributed by atoms with Gasteiger partial charge in [0, 0.05) is 60.6 Å². The molecule has 242 valence electrons. The lowest BCUT2D eigenvalue weighted by Crippen LogP contribution is -2.33. The van der Waals surface area contributed by atoms with Gasteiger partial charge in [0.15, 0.2) is 0 Å². The molecule has 0 aromatic heterocycles. The molecule has 0 saturated carbocycles. The number of amides is 3. The Morgan fingerprint density at radius 2 is 1.45 bits per heavy atom. The molecule has 7 nitrogen and oxygen atoms in total. The minimum atomic E-state index is -3.34. The van der Waals surface area contributed by atoms with Crippen LogP contribution < -0.4 is 10.2 Å². The number of carbonyl (C=O) groups excluding carboxylic acids is 3. The van der Waals surface area contributed by atoms with Crippen molar-refractivity contribution >= 4 is 34.7 Å². The van der Waals surface area contributed by atoms with E-state index in [0.29, 0.717) is 29.9 Å². The van der Waals surface area contributed by atoms with Gasteiger partial charge >= 0.3 is 0 Å². The number of likely N-dealkylation sites (N-methyl/N-ethyl adjacent to an activating group) is 1. The van der Waals surface area contributed by atoms with E-state index in [9.17, 15) is 14.4 Å². The Morgan fingerprint density at radius 3 is 2.15 bits per heavy atom. The van der Waals surface area contributed by atoms with E-state index >= 15 is 8.78 Å². The van der Waals surface area contributed by atoms with Crippen LogP contribution in [0.1, 0.15) is 39.1 Å². The summed E-state index contributed by atoms with van der Waals surface area (Å²) in [6, 6.07) is 29.7. The van der Waals surface area contributed by atoms with Crippen LogP contribution in [0.15, 0.2) is 109 Å². The van der Waals surface area contributed by atoms with Crippen LogP contribution in [-0.2, 0) is 4.79 Å². The van der Waals surface area contributed by atoms with Gasteiger partial charge < -0.3 is 20.0 Å². The summed E-state index contributed by atoms with van der Waals surface area (Å²) in [5.74, 6) is -4.62. The van der Waals surface area contributed by atoms with Crippen LogP contribution in [-0.4, -0.2) is 74.2 Å². The molecule has 0 radical (unpaired) electrons. The lowest BCUT2D eigenvalue weighted by molar-refractivity contribution is -0.124. The van der Waals surface area contributed by atoms with Gasteiger partial charge in [0.1, 0.15) is 0 Å². The molecule has 0 unspecified atom stereocenters. The molecule has 3 amide bonds. The smallest absolute Gasteiger partial charge is 0.275 e. The Morgan fingerprint density at radius 1 is 0.809 bits per heavy atom. The van der Waals surface area contributed by atoms with Crippen LogP contribution >= 0.6 is 0 Å². The zero-order valence-corrected chi connectivity index (χ0v) is 26.8. The highest BCUT2D eigenvalue weighted by molar-refractivity contribution is 6.11. The predicted molar refractivity (Wildman–Crippen MR) is 183 cm³/mol. The monoisotopic (exact) mass is 636 g/mol. The highest BCUT2D eigenvalue weighted by atomic mass is 19.3. The molecule has 4 aromatic rings. The molecular weight excluding hydrogens is 598 g/mol. The van der Waals surface area contributed by atoms with Crippen molar-refractivity contribution in [3.05, 3.63) is 126 Å². The van der Waals surface area contributed by atoms with Crippen molar-refractivity contribution in [1.82, 2.24) is 9.80 Å². The number of halogens is 2. The summed E-state index contributed by atoms with van der Waals surface area (Å²) in [7, 11) is 5.46. The fraction of sp³-hybridized carbons (Fsp3) is 0.237. The van der Waals surface area contributed by atoms with Crippen LogP contribution in [0.25, 0.3) is 16.7 Å². The average molecular weight is 637 g/mol. The molecule has 9 heteroatoms. The number of anilines is 2. The lowest BCUT2D eigenvalue weighted by Gasteiger charge is -2.23. The summed E-state index contributed by atoms with van der Waals surface area (Å²) in [5.41, 5.74) is 3.01. The van der Waals surface area contributed by atoms with E-state index in [2.05, 4.69) is 5.32 Å². The first-order valence-electron chi connectivity index (χ1n) is 15.5. The summed E-state index contributed by atoms with van der Waals surface area (Å²) >= 11 is 0. The van der Waals surface area contributed by atoms with Crippen molar-refractivity contribution in [3.63, 3.8) is 0 Å². The van der Waals surface area contributed by atoms with Gasteiger partial charge in [-0.25, -0.2) is 8.78 Å². The molecule has 0 bridgehead atoms. The maximum atomic E-state index is 15.7. The molecule has 1 aliphatic rings. The number of para-hydroxylation sites is 1. The van der Waals surface area contributed by atoms with Gasteiger partial charge in [0.05, 0.1) is 5.69 Å². The molecule has 47 heavy (non-hydrogen) atoms. The minimum Gasteiger partial charge on any atom is -0.342 e. The molecule has 0 fully saturated rings. The first-order valence-corrected chi connectivity index (χ1v) is 15.5. The summed E-state index contributed by atoms with van der Waals surface area (Å²) in [4.78, 5) is 44.8. The van der Waals surface area contributed by atoms with Crippen molar-refractivity contribution in [2.75, 3.05) is 51.0 Å². The number of allylic oxidation sites excluding steroid dienone is 1. The number of rotatable bonds is 9. The maximum absolute atomic E-state index is 15.7. The standard InChI is InChI=1S/C38H38F2N4O3/c1-42(2)23-11-24-43(3)35(45)26-33-32-16-9-10-17-34(32)44(25-22-38(33,39)40)37(47)28-18-20-29(21-19-28)41-36(46)31-15-8-7-14-30(31)27-12-5-4-6-13-27/h4-10,12-21,26H,11,22-25H2,1-3H3,(H,41,46)/b33-26-. The molecule has 5 rings (SSSR count). The van der Waals surface area contributed by atoms with E-state index in [1.165, 1.54) is 15.9 Å². The first-order chi connectivity index (χ1) is 22.5. The van der Waals surface area contributed by atoms with E-state index < -0.39 is 29.7 Å². The number of nitrogens with zero attached hydrogens (tertiary/aromatic N) is 3. The van der Waals surface area contributed by atoms with E-state index in [0.717, 1.165) is 23.7 Å². The van der Waals surface area contributed by atoms with Crippen molar-refractivity contribution in [2.45, 2.75) is 18.8 Å². The Hall–Kier alpha value is -5.15. The second-order valence-electron chi connectivity index (χ2n) is 11.8. The predicted octanol–water partition coefficient (Wildman–Crippen LogP) is 7.09. The van der Waals surface area contributed by atoms with Gasteiger partial charge in [-0.3, -0.25) is 14.4 Å². The number of benzene rings is 4. The van der Waals surface area contributed by atoms with Crippen molar-refractivity contribution in [3.8, 4) is 11.1 Å². The third kappa shape index (κ3) is 7.81. The maximum Gasteiger partial charge on any atom is 0.275 e. The zero-order chi connectivity index (χ0) is 33.6. The molecule has 0 aliphatic carbocycles. The SMILES string of the molecule is CN(C)CCCN(C)C(=O)/C=C1/c2ccccc2N(C(=O)c2ccc(NC(=O)c3ccccc3-c3ccccc3)cc2)CCC1(F)F. The second kappa shape index (κ2) is 14.5. The highest BCUT2D eigenvalue weighted by Crippen LogP contribution is 2.43. The minimum absolute atomic E-state index is 0.138. The zero-order valence-electron chi connectivity index (χ0n) is 26.8. The van der Waals surface area contributed by atoms with Gasteiger partial charge in [-0.05, 0) is 74.6 Å². The van der Waals surface area contributed by atoms with Gasteiger partial charge in [-0.15, -0.1) is 0 Å². The van der Waals surface area contributed by atoms with Crippen LogP contribution in [0.3, 0.4) is 0 Å². The van der Waals surface area contributed by atoms with E-state index in [1.54, 1.807) is 61.6 Å². The summed E-state index contributed by atoms with van der Waals surface area (Å²) in [6.45, 7) is 0.941. The van der Waals surface area contributed by atoms with Crippen molar-refractivity contribution in [1.29, 1.82) is 0 Å². The van der Waals surface area contributed by atoms with E-state index in [-0.39, 0.29) is 23.6 Å². The largest absolute Gasteiger partial charge is 0.342 e. The molecule has 0 saturated heterocycles. The molecule has 4 aromatic carbocycles. The Balaban J connectivity index is 1.35. The number of carbonyl (C=O) groups is 3. The highest BCUT2D eigenvalue weighted by Gasteiger charge is 2.41. The molecule has 1 aliphatic heterocycles. The number of fused-ring (bicyclic) bond motifs is 1. The summed E-state index contributed by atoms with van der Waals surface area (Å²) in [6.07, 6.45) is 1.07. The third-order valence-corrected chi connectivity index (χ3v) is 8.16. The normalized spacial score (nSPS) is 14.8. The fourth-order valence-corrected chi connectivity index (χ4v) is 5.60. The number of hydrogen-bond donors (Lipinski definition) is 1. The van der Waals surface area contributed by atoms with Gasteiger partial charge in [0.2, 0.25) is 5.91 Å². The van der Waals surface area contributed by atoms with Gasteiger partial charge in [-0.1, -0.05) is 66.7 Å². The number of alkyl halides is 2. The topological polar surface area (TPSA) is 73.0 Å². The Kier molecular flexibility index (Phi) is 10.3. The van der Waals surface area contributed by atoms with Crippen molar-refractivity contribution < 1.29 is 23.2 Å². The van der Waals surface area contributed by atoms with Gasteiger partial charge in [-0.2, -0.15) is 0 Å². The molecular formula is C38H38F2N4O3. The summed E-state index contributed by atoms with van der Waals surface area (Å²) < 4.78 is 31.3. The summed E-state index contributed by atoms with van der Waals surface area (Å²) in [5, 5.41) is 2.89. The lowest BCUT2D eigenvalue weighted by atomic mass is 9.96. The van der Waals surface area contributed by atoms with Gasteiger partial charge in [0.25, 0.3) is 17.7 Å². The van der Waals surface area contributed by atoms with Crippen LogP contribution in [0.5, 0.6) is 0 Å². The molecule has 0 atom stereocenters. The number of nitrogens with one attached hydrogen (secondary N) is 1. The van der Waals surface area contributed by atoms with E-state index in [4.69, 9.17) is 0 Å². The second-order valence-corrected chi connectivity index (χ2v) is 11.8.